The minimum absolute atomic E-state index is 0. The largest absolute Gasteiger partial charge is 0.187 e. The zero-order valence-electron chi connectivity index (χ0n) is 1.00. The van der Waals surface area contributed by atoms with E-state index in [1.807, 2.05) is 0 Å². The van der Waals surface area contributed by atoms with E-state index < -0.39 is 0 Å². The van der Waals surface area contributed by atoms with Crippen molar-refractivity contribution in [2.75, 3.05) is 0 Å². The summed E-state index contributed by atoms with van der Waals surface area (Å²) in [6.45, 7) is 0. The van der Waals surface area contributed by atoms with Crippen molar-refractivity contribution in [2.45, 2.75) is 14.9 Å². The van der Waals surface area contributed by atoms with E-state index in [9.17, 15) is 0 Å². The Morgan fingerprint density at radius 2 is 0.500 bits per heavy atom. The standard InChI is InChI=1S/2CH4.2Al.2Ti.6H/h2*1H4;;;;;;;;;;. The van der Waals surface area contributed by atoms with Crippen molar-refractivity contribution < 1.29 is 43.4 Å². The summed E-state index contributed by atoms with van der Waals surface area (Å²) in [5.41, 5.74) is 0. The summed E-state index contributed by atoms with van der Waals surface area (Å²) in [5, 5.41) is 0. The van der Waals surface area contributed by atoms with Crippen LogP contribution in [-0.2, 0) is 43.4 Å². The summed E-state index contributed by atoms with van der Waals surface area (Å²) in [4.78, 5) is 0. The Kier molecular flexibility index (Phi) is 650. The molecule has 36 valence electrons. The second kappa shape index (κ2) is 50.8. The molecule has 6 heavy (non-hydrogen) atoms. The van der Waals surface area contributed by atoms with E-state index in [4.69, 9.17) is 0 Å². The molecule has 0 aromatic carbocycles. The Morgan fingerprint density at radius 1 is 0.500 bits per heavy atom. The molecule has 0 saturated carbocycles. The molecule has 4 heteroatoms. The fourth-order valence-corrected chi connectivity index (χ4v) is 0. The van der Waals surface area contributed by atoms with E-state index in [0.717, 1.165) is 0 Å². The van der Waals surface area contributed by atoms with Gasteiger partial charge >= 0.3 is 0 Å². The SMILES string of the molecule is C.C.[AlH3].[AlH3].[Ti].[Ti]. The maximum absolute atomic E-state index is 0. The first-order chi connectivity index (χ1) is 0. The van der Waals surface area contributed by atoms with E-state index in [1.54, 1.807) is 0 Å². The Bertz CT molecular complexity index is 9.51. The van der Waals surface area contributed by atoms with Gasteiger partial charge in [-0.25, -0.2) is 0 Å². The molecule has 0 bridgehead atoms. The monoisotopic (exact) mass is 188 g/mol. The van der Waals surface area contributed by atoms with E-state index >= 15 is 0 Å². The van der Waals surface area contributed by atoms with Gasteiger partial charge in [-0.2, -0.15) is 0 Å². The Hall–Kier alpha value is 2.49. The van der Waals surface area contributed by atoms with Crippen LogP contribution < -0.4 is 0 Å². The molecular weight excluding hydrogens is 174 g/mol. The molecular formula is C2H14Al2Ti2. The van der Waals surface area contributed by atoms with Gasteiger partial charge in [0.2, 0.25) is 0 Å². The van der Waals surface area contributed by atoms with Gasteiger partial charge < -0.3 is 0 Å². The number of rotatable bonds is 0. The van der Waals surface area contributed by atoms with Crippen LogP contribution in [0.2, 0.25) is 0 Å². The van der Waals surface area contributed by atoms with Gasteiger partial charge in [0.25, 0.3) is 0 Å². The molecule has 0 fully saturated rings. The average molecular weight is 188 g/mol. The van der Waals surface area contributed by atoms with E-state index in [0.29, 0.717) is 0 Å². The predicted octanol–water partition coefficient (Wildman–Crippen LogP) is -1.10. The third-order valence-electron chi connectivity index (χ3n) is 0. The summed E-state index contributed by atoms with van der Waals surface area (Å²) in [6.07, 6.45) is 0. The van der Waals surface area contributed by atoms with E-state index in [1.165, 1.54) is 0 Å². The summed E-state index contributed by atoms with van der Waals surface area (Å²) < 4.78 is 0. The molecule has 0 N–H and O–H groups in total. The fraction of sp³-hybridized carbons (Fsp3) is 1.00. The third kappa shape index (κ3) is 31.5. The molecule has 0 radical (unpaired) electrons. The van der Waals surface area contributed by atoms with Gasteiger partial charge in [-0.3, -0.25) is 0 Å². The maximum Gasteiger partial charge on any atom is 0.187 e. The van der Waals surface area contributed by atoms with Gasteiger partial charge in [0.05, 0.1) is 0 Å². The zero-order valence-corrected chi connectivity index (χ0v) is 4.12. The van der Waals surface area contributed by atoms with Crippen LogP contribution in [0.3, 0.4) is 0 Å². The minimum atomic E-state index is 0. The Morgan fingerprint density at radius 3 is 0.500 bits per heavy atom. The second-order valence-electron chi connectivity index (χ2n) is 0. The molecule has 0 nitrogen and oxygen atoms in total. The van der Waals surface area contributed by atoms with Gasteiger partial charge in [0.15, 0.2) is 34.7 Å². The summed E-state index contributed by atoms with van der Waals surface area (Å²) in [7, 11) is 0. The first-order valence-corrected chi connectivity index (χ1v) is 0. The summed E-state index contributed by atoms with van der Waals surface area (Å²) in [5.74, 6) is 0. The second-order valence-corrected chi connectivity index (χ2v) is 0. The topological polar surface area (TPSA) is 0 Å². The van der Waals surface area contributed by atoms with Gasteiger partial charge in [0, 0.05) is 43.4 Å². The Balaban J connectivity index is 0. The molecule has 0 saturated heterocycles. The van der Waals surface area contributed by atoms with Crippen LogP contribution in [0.25, 0.3) is 0 Å². The van der Waals surface area contributed by atoms with Crippen molar-refractivity contribution in [2.24, 2.45) is 0 Å². The van der Waals surface area contributed by atoms with Gasteiger partial charge in [-0.1, -0.05) is 14.9 Å². The predicted molar refractivity (Wildman–Crippen MR) is 33.3 cm³/mol. The van der Waals surface area contributed by atoms with Crippen molar-refractivity contribution in [1.29, 1.82) is 0 Å². The zero-order chi connectivity index (χ0) is 0. The molecule has 0 rings (SSSR count). The molecule has 0 aromatic heterocycles. The first-order valence-electron chi connectivity index (χ1n) is 0. The molecule has 0 heterocycles. The average Bonchev–Trinajstić information content (AvgIpc) is 0. The first kappa shape index (κ1) is 76.7. The molecule has 0 aromatic rings. The van der Waals surface area contributed by atoms with Crippen molar-refractivity contribution >= 4 is 34.7 Å². The molecule has 0 unspecified atom stereocenters. The normalized spacial score (nSPS) is 0. The maximum atomic E-state index is 0. The molecule has 0 spiro atoms. The van der Waals surface area contributed by atoms with Crippen molar-refractivity contribution in [3.63, 3.8) is 0 Å². The van der Waals surface area contributed by atoms with Gasteiger partial charge in [0.1, 0.15) is 0 Å². The van der Waals surface area contributed by atoms with E-state index in [2.05, 4.69) is 0 Å². The summed E-state index contributed by atoms with van der Waals surface area (Å²) >= 11 is 0. The van der Waals surface area contributed by atoms with Gasteiger partial charge in [-0.05, 0) is 0 Å². The number of hydrogen-bond acceptors (Lipinski definition) is 0. The molecule has 0 atom stereocenters. The molecule has 0 aliphatic rings. The third-order valence-corrected chi connectivity index (χ3v) is 0. The van der Waals surface area contributed by atoms with Crippen molar-refractivity contribution in [1.82, 2.24) is 0 Å². The van der Waals surface area contributed by atoms with Crippen LogP contribution >= 0.6 is 0 Å². The van der Waals surface area contributed by atoms with Crippen LogP contribution in [0.1, 0.15) is 14.9 Å². The number of hydrogen-bond donors (Lipinski definition) is 0. The van der Waals surface area contributed by atoms with Crippen molar-refractivity contribution in [3.05, 3.63) is 0 Å². The van der Waals surface area contributed by atoms with Crippen LogP contribution in [0.5, 0.6) is 0 Å². The van der Waals surface area contributed by atoms with Crippen LogP contribution in [0, 0.1) is 0 Å². The molecule has 0 aliphatic carbocycles. The quantitative estimate of drug-likeness (QED) is 0.423. The van der Waals surface area contributed by atoms with Crippen LogP contribution in [0.4, 0.5) is 0 Å². The van der Waals surface area contributed by atoms with Gasteiger partial charge in [-0.15, -0.1) is 0 Å². The van der Waals surface area contributed by atoms with Crippen molar-refractivity contribution in [3.8, 4) is 0 Å². The Labute approximate surface area is 91.9 Å². The van der Waals surface area contributed by atoms with E-state index in [-0.39, 0.29) is 93.0 Å². The molecule has 0 amide bonds. The molecule has 0 aliphatic heterocycles. The fourth-order valence-electron chi connectivity index (χ4n) is 0. The van der Waals surface area contributed by atoms with Crippen LogP contribution in [-0.4, -0.2) is 34.7 Å². The van der Waals surface area contributed by atoms with Crippen LogP contribution in [0.15, 0.2) is 0 Å². The summed E-state index contributed by atoms with van der Waals surface area (Å²) in [6, 6.07) is 0. The smallest absolute Gasteiger partial charge is 0.0776 e. The minimum Gasteiger partial charge on any atom is -0.0776 e.